The summed E-state index contributed by atoms with van der Waals surface area (Å²) >= 11 is 6.33. The molecule has 1 heterocycles. The predicted octanol–water partition coefficient (Wildman–Crippen LogP) is 3.96. The number of urea groups is 1. The molecule has 0 bridgehead atoms. The van der Waals surface area contributed by atoms with E-state index in [0.717, 1.165) is 0 Å². The number of halogens is 1. The second-order valence-corrected chi connectivity index (χ2v) is 6.52. The summed E-state index contributed by atoms with van der Waals surface area (Å²) in [5.74, 6) is 0.209. The van der Waals surface area contributed by atoms with Gasteiger partial charge in [0.05, 0.1) is 24.4 Å². The summed E-state index contributed by atoms with van der Waals surface area (Å²) < 4.78 is 5.30. The molecule has 2 aromatic carbocycles. The van der Waals surface area contributed by atoms with E-state index in [1.807, 2.05) is 12.1 Å². The zero-order valence-electron chi connectivity index (χ0n) is 15.2. The summed E-state index contributed by atoms with van der Waals surface area (Å²) in [6.45, 7) is 1.74. The van der Waals surface area contributed by atoms with Crippen LogP contribution in [0.15, 0.2) is 59.8 Å². The number of allylic oxidation sites excluding steroid dienone is 1. The average molecular weight is 386 g/mol. The van der Waals surface area contributed by atoms with Crippen LogP contribution >= 0.6 is 11.6 Å². The van der Waals surface area contributed by atoms with Crippen molar-refractivity contribution in [2.24, 2.45) is 0 Å². The van der Waals surface area contributed by atoms with Crippen molar-refractivity contribution in [1.82, 2.24) is 10.2 Å². The first-order valence-corrected chi connectivity index (χ1v) is 8.75. The number of amides is 3. The fourth-order valence-electron chi connectivity index (χ4n) is 3.01. The average Bonchev–Trinajstić information content (AvgIpc) is 2.66. The number of ether oxygens (including phenoxy) is 1. The number of benzene rings is 2. The quantitative estimate of drug-likeness (QED) is 0.836. The molecule has 0 unspecified atom stereocenters. The Labute approximate surface area is 162 Å². The van der Waals surface area contributed by atoms with Gasteiger partial charge >= 0.3 is 6.03 Å². The van der Waals surface area contributed by atoms with Crippen LogP contribution in [0.4, 0.5) is 10.5 Å². The topological polar surface area (TPSA) is 70.7 Å². The highest BCUT2D eigenvalue weighted by Crippen LogP contribution is 2.34. The van der Waals surface area contributed by atoms with E-state index in [0.29, 0.717) is 33.3 Å². The molecule has 0 radical (unpaired) electrons. The minimum atomic E-state index is -0.655. The number of nitrogens with zero attached hydrogens (tertiary/aromatic N) is 1. The van der Waals surface area contributed by atoms with Crippen molar-refractivity contribution in [3.63, 3.8) is 0 Å². The number of carbonyl (C=O) groups excluding carboxylic acids is 2. The van der Waals surface area contributed by atoms with E-state index in [1.165, 1.54) is 12.0 Å². The van der Waals surface area contributed by atoms with Gasteiger partial charge in [-0.2, -0.15) is 0 Å². The second-order valence-electron chi connectivity index (χ2n) is 6.12. The van der Waals surface area contributed by atoms with Gasteiger partial charge in [0.2, 0.25) is 0 Å². The molecule has 27 heavy (non-hydrogen) atoms. The van der Waals surface area contributed by atoms with E-state index in [2.05, 4.69) is 10.6 Å². The predicted molar refractivity (Wildman–Crippen MR) is 105 cm³/mol. The molecule has 3 rings (SSSR count). The molecule has 6 nitrogen and oxygen atoms in total. The zero-order valence-corrected chi connectivity index (χ0v) is 16.0. The highest BCUT2D eigenvalue weighted by molar-refractivity contribution is 6.31. The maximum atomic E-state index is 13.1. The van der Waals surface area contributed by atoms with Crippen LogP contribution in [0.25, 0.3) is 0 Å². The van der Waals surface area contributed by atoms with Gasteiger partial charge in [-0.05, 0) is 30.7 Å². The van der Waals surface area contributed by atoms with Gasteiger partial charge in [0.1, 0.15) is 5.75 Å². The van der Waals surface area contributed by atoms with Gasteiger partial charge in [-0.25, -0.2) is 4.79 Å². The number of nitrogens with one attached hydrogen (secondary N) is 2. The number of hydrogen-bond acceptors (Lipinski definition) is 3. The Bertz CT molecular complexity index is 926. The van der Waals surface area contributed by atoms with Gasteiger partial charge in [0, 0.05) is 17.8 Å². The lowest BCUT2D eigenvalue weighted by atomic mass is 9.94. The number of rotatable bonds is 4. The number of hydrogen-bond donors (Lipinski definition) is 2. The molecular weight excluding hydrogens is 366 g/mol. The van der Waals surface area contributed by atoms with Crippen LogP contribution < -0.4 is 15.4 Å². The van der Waals surface area contributed by atoms with Crippen LogP contribution in [0.5, 0.6) is 5.75 Å². The van der Waals surface area contributed by atoms with Crippen molar-refractivity contribution in [2.75, 3.05) is 19.5 Å². The number of methoxy groups -OCH3 is 1. The molecule has 0 aromatic heterocycles. The Morgan fingerprint density at radius 2 is 1.85 bits per heavy atom. The largest absolute Gasteiger partial charge is 0.495 e. The molecule has 3 amide bonds. The van der Waals surface area contributed by atoms with E-state index in [4.69, 9.17) is 16.3 Å². The third kappa shape index (κ3) is 3.61. The SMILES string of the molecule is COc1ccccc1NC(=O)C1=C(C)N(C)C(=O)N[C@H]1c1ccccc1Cl. The third-order valence-corrected chi connectivity index (χ3v) is 4.91. The lowest BCUT2D eigenvalue weighted by Gasteiger charge is -2.34. The van der Waals surface area contributed by atoms with E-state index < -0.39 is 6.04 Å². The molecule has 0 spiro atoms. The van der Waals surface area contributed by atoms with Gasteiger partial charge in [0.15, 0.2) is 0 Å². The van der Waals surface area contributed by atoms with Gasteiger partial charge < -0.3 is 20.3 Å². The fraction of sp³-hybridized carbons (Fsp3) is 0.200. The molecule has 1 atom stereocenters. The Hall–Kier alpha value is -2.99. The molecule has 0 aliphatic carbocycles. The summed E-state index contributed by atoms with van der Waals surface area (Å²) in [6, 6.07) is 13.3. The highest BCUT2D eigenvalue weighted by Gasteiger charge is 2.35. The number of anilines is 1. The summed E-state index contributed by atoms with van der Waals surface area (Å²) in [6.07, 6.45) is 0. The minimum Gasteiger partial charge on any atom is -0.495 e. The van der Waals surface area contributed by atoms with Crippen LogP contribution in [0, 0.1) is 0 Å². The summed E-state index contributed by atoms with van der Waals surface area (Å²) in [7, 11) is 3.15. The molecule has 140 valence electrons. The molecule has 0 saturated carbocycles. The third-order valence-electron chi connectivity index (χ3n) is 4.57. The summed E-state index contributed by atoms with van der Waals surface area (Å²) in [4.78, 5) is 26.9. The Balaban J connectivity index is 2.04. The van der Waals surface area contributed by atoms with Crippen LogP contribution in [0.3, 0.4) is 0 Å². The molecule has 0 fully saturated rings. The molecular formula is C20H20ClN3O3. The van der Waals surface area contributed by atoms with Crippen LogP contribution in [-0.2, 0) is 4.79 Å². The lowest BCUT2D eigenvalue weighted by Crippen LogP contribution is -2.46. The van der Waals surface area contributed by atoms with Crippen molar-refractivity contribution in [3.05, 3.63) is 70.4 Å². The van der Waals surface area contributed by atoms with Crippen LogP contribution in [0.2, 0.25) is 5.02 Å². The molecule has 1 aliphatic heterocycles. The maximum absolute atomic E-state index is 13.1. The molecule has 7 heteroatoms. The van der Waals surface area contributed by atoms with Crippen molar-refractivity contribution in [3.8, 4) is 5.75 Å². The first-order chi connectivity index (χ1) is 12.9. The second kappa shape index (κ2) is 7.72. The number of carbonyl (C=O) groups is 2. The van der Waals surface area contributed by atoms with Crippen molar-refractivity contribution < 1.29 is 14.3 Å². The zero-order chi connectivity index (χ0) is 19.6. The molecule has 2 aromatic rings. The van der Waals surface area contributed by atoms with Crippen molar-refractivity contribution in [1.29, 1.82) is 0 Å². The monoisotopic (exact) mass is 385 g/mol. The minimum absolute atomic E-state index is 0.300. The van der Waals surface area contributed by atoms with E-state index in [9.17, 15) is 9.59 Å². The highest BCUT2D eigenvalue weighted by atomic mass is 35.5. The molecule has 1 aliphatic rings. The van der Waals surface area contributed by atoms with E-state index >= 15 is 0 Å². The molecule has 0 saturated heterocycles. The fourth-order valence-corrected chi connectivity index (χ4v) is 3.25. The van der Waals surface area contributed by atoms with Gasteiger partial charge in [0.25, 0.3) is 5.91 Å². The Morgan fingerprint density at radius 3 is 2.56 bits per heavy atom. The van der Waals surface area contributed by atoms with Gasteiger partial charge in [-0.15, -0.1) is 0 Å². The van der Waals surface area contributed by atoms with Crippen molar-refractivity contribution in [2.45, 2.75) is 13.0 Å². The summed E-state index contributed by atoms with van der Waals surface area (Å²) in [5, 5.41) is 6.20. The van der Waals surface area contributed by atoms with Gasteiger partial charge in [-0.3, -0.25) is 4.79 Å². The maximum Gasteiger partial charge on any atom is 0.322 e. The lowest BCUT2D eigenvalue weighted by molar-refractivity contribution is -0.113. The van der Waals surface area contributed by atoms with Gasteiger partial charge in [-0.1, -0.05) is 41.9 Å². The normalized spacial score (nSPS) is 16.8. The Kier molecular flexibility index (Phi) is 5.37. The van der Waals surface area contributed by atoms with E-state index in [1.54, 1.807) is 50.4 Å². The van der Waals surface area contributed by atoms with Crippen LogP contribution in [0.1, 0.15) is 18.5 Å². The van der Waals surface area contributed by atoms with Crippen LogP contribution in [-0.4, -0.2) is 31.0 Å². The molecule has 2 N–H and O–H groups in total. The standard InChI is InChI=1S/C20H20ClN3O3/c1-12-17(19(25)22-15-10-6-7-11-16(15)27-3)18(23-20(26)24(12)2)13-8-4-5-9-14(13)21/h4-11,18H,1-3H3,(H,22,25)(H,23,26)/t18-/m0/s1. The smallest absolute Gasteiger partial charge is 0.322 e. The number of para-hydroxylation sites is 2. The first-order valence-electron chi connectivity index (χ1n) is 8.37. The Morgan fingerprint density at radius 1 is 1.19 bits per heavy atom. The van der Waals surface area contributed by atoms with E-state index in [-0.39, 0.29) is 11.9 Å². The van der Waals surface area contributed by atoms with Crippen molar-refractivity contribution >= 4 is 29.2 Å². The summed E-state index contributed by atoms with van der Waals surface area (Å²) in [5.41, 5.74) is 2.17. The first kappa shape index (κ1) is 18.8.